The highest BCUT2D eigenvalue weighted by atomic mass is 16.6. The molecule has 6 nitrogen and oxygen atoms in total. The van der Waals surface area contributed by atoms with Crippen LogP contribution in [0, 0.1) is 35.3 Å². The third kappa shape index (κ3) is 2.17. The molecule has 1 heterocycles. The Morgan fingerprint density at radius 1 is 1.30 bits per heavy atom. The number of aromatic nitrogens is 1. The molecule has 0 aliphatic carbocycles. The first kappa shape index (κ1) is 13.5. The summed E-state index contributed by atoms with van der Waals surface area (Å²) in [5.74, 6) is 0. The first-order chi connectivity index (χ1) is 9.45. The number of aromatic amines is 1. The van der Waals surface area contributed by atoms with Crippen LogP contribution in [0.15, 0.2) is 29.1 Å². The molecule has 0 unspecified atom stereocenters. The molecule has 0 atom stereocenters. The fourth-order valence-corrected chi connectivity index (χ4v) is 2.13. The fraction of sp³-hybridized carbons (Fsp3) is 0.143. The van der Waals surface area contributed by atoms with Gasteiger partial charge in [-0.15, -0.1) is 0 Å². The minimum atomic E-state index is -0.543. The van der Waals surface area contributed by atoms with Crippen LogP contribution in [-0.4, -0.2) is 9.91 Å². The Morgan fingerprint density at radius 3 is 2.60 bits per heavy atom. The smallest absolute Gasteiger partial charge is 0.280 e. The Hall–Kier alpha value is -2.94. The lowest BCUT2D eigenvalue weighted by atomic mass is 9.97. The van der Waals surface area contributed by atoms with Crippen LogP contribution in [0.3, 0.4) is 0 Å². The van der Waals surface area contributed by atoms with Gasteiger partial charge in [-0.25, -0.2) is 0 Å². The number of hydrogen-bond acceptors (Lipinski definition) is 4. The minimum absolute atomic E-state index is 0.0889. The van der Waals surface area contributed by atoms with Gasteiger partial charge in [0.05, 0.1) is 10.5 Å². The highest BCUT2D eigenvalue weighted by molar-refractivity contribution is 5.79. The molecule has 1 N–H and O–H groups in total. The Morgan fingerprint density at radius 2 is 2.00 bits per heavy atom. The summed E-state index contributed by atoms with van der Waals surface area (Å²) >= 11 is 0. The molecule has 2 rings (SSSR count). The van der Waals surface area contributed by atoms with E-state index < -0.39 is 10.5 Å². The van der Waals surface area contributed by atoms with E-state index in [1.165, 1.54) is 0 Å². The number of rotatable bonds is 2. The van der Waals surface area contributed by atoms with E-state index in [4.69, 9.17) is 5.26 Å². The van der Waals surface area contributed by atoms with Crippen LogP contribution in [0.5, 0.6) is 0 Å². The van der Waals surface area contributed by atoms with Gasteiger partial charge < -0.3 is 4.98 Å². The molecule has 0 radical (unpaired) electrons. The van der Waals surface area contributed by atoms with Crippen molar-refractivity contribution in [2.24, 2.45) is 0 Å². The van der Waals surface area contributed by atoms with Crippen LogP contribution >= 0.6 is 0 Å². The number of nitro groups is 1. The van der Waals surface area contributed by atoms with Crippen molar-refractivity contribution >= 4 is 5.69 Å². The van der Waals surface area contributed by atoms with Crippen LogP contribution < -0.4 is 5.56 Å². The van der Waals surface area contributed by atoms with Crippen LogP contribution in [0.2, 0.25) is 0 Å². The number of nitrogens with one attached hydrogen (secondary N) is 1. The van der Waals surface area contributed by atoms with Crippen molar-refractivity contribution in [3.05, 3.63) is 61.6 Å². The molecule has 1 aromatic heterocycles. The maximum Gasteiger partial charge on any atom is 0.280 e. The molecule has 0 fully saturated rings. The lowest BCUT2D eigenvalue weighted by Gasteiger charge is -2.07. The Balaban J connectivity index is 2.90. The summed E-state index contributed by atoms with van der Waals surface area (Å²) in [6, 6.07) is 8.20. The number of nitriles is 1. The van der Waals surface area contributed by atoms with Gasteiger partial charge in [0.2, 0.25) is 0 Å². The third-order valence-corrected chi connectivity index (χ3v) is 2.99. The number of benzene rings is 1. The molecule has 20 heavy (non-hydrogen) atoms. The highest BCUT2D eigenvalue weighted by Gasteiger charge is 2.21. The summed E-state index contributed by atoms with van der Waals surface area (Å²) in [5.41, 5.74) is 0.829. The maximum absolute atomic E-state index is 11.8. The van der Waals surface area contributed by atoms with E-state index in [0.29, 0.717) is 11.3 Å². The molecule has 0 aliphatic heterocycles. The van der Waals surface area contributed by atoms with Gasteiger partial charge >= 0.3 is 0 Å². The molecular formula is C14H11N3O3. The molecule has 0 spiro atoms. The van der Waals surface area contributed by atoms with Crippen molar-refractivity contribution in [1.82, 2.24) is 4.98 Å². The van der Waals surface area contributed by atoms with E-state index in [9.17, 15) is 14.9 Å². The first-order valence-electron chi connectivity index (χ1n) is 5.84. The Kier molecular flexibility index (Phi) is 3.36. The molecule has 0 aliphatic rings. The Bertz CT molecular complexity index is 800. The standard InChI is InChI=1S/C14H11N3O3/c1-8-4-3-5-10(13(8)17(19)20)11-6-9(2)16-14(18)12(11)7-15/h3-6H,1-2H3,(H,16,18). The van der Waals surface area contributed by atoms with E-state index in [-0.39, 0.29) is 22.4 Å². The zero-order valence-electron chi connectivity index (χ0n) is 10.9. The van der Waals surface area contributed by atoms with E-state index >= 15 is 0 Å². The van der Waals surface area contributed by atoms with E-state index in [1.807, 2.05) is 6.07 Å². The summed E-state index contributed by atoms with van der Waals surface area (Å²) in [6.07, 6.45) is 0. The van der Waals surface area contributed by atoms with Crippen molar-refractivity contribution in [2.75, 3.05) is 0 Å². The second kappa shape index (κ2) is 4.97. The van der Waals surface area contributed by atoms with E-state index in [2.05, 4.69) is 4.98 Å². The summed E-state index contributed by atoms with van der Waals surface area (Å²) in [5, 5.41) is 20.3. The van der Waals surface area contributed by atoms with Gasteiger partial charge in [0.25, 0.3) is 11.2 Å². The van der Waals surface area contributed by atoms with Gasteiger partial charge in [-0.3, -0.25) is 14.9 Å². The second-order valence-corrected chi connectivity index (χ2v) is 4.41. The molecule has 0 saturated heterocycles. The maximum atomic E-state index is 11.8. The molecule has 2 aromatic rings. The molecule has 0 amide bonds. The van der Waals surface area contributed by atoms with Crippen LogP contribution in [-0.2, 0) is 0 Å². The van der Waals surface area contributed by atoms with Crippen molar-refractivity contribution in [2.45, 2.75) is 13.8 Å². The molecule has 1 aromatic carbocycles. The number of aryl methyl sites for hydroxylation is 2. The summed E-state index contributed by atoms with van der Waals surface area (Å²) in [4.78, 5) is 25.0. The number of nitrogens with zero attached hydrogens (tertiary/aromatic N) is 2. The van der Waals surface area contributed by atoms with Crippen molar-refractivity contribution < 1.29 is 4.92 Å². The number of nitro benzene ring substituents is 1. The topological polar surface area (TPSA) is 99.8 Å². The second-order valence-electron chi connectivity index (χ2n) is 4.41. The van der Waals surface area contributed by atoms with Crippen LogP contribution in [0.4, 0.5) is 5.69 Å². The normalized spacial score (nSPS) is 10.1. The lowest BCUT2D eigenvalue weighted by molar-refractivity contribution is -0.384. The highest BCUT2D eigenvalue weighted by Crippen LogP contribution is 2.33. The zero-order chi connectivity index (χ0) is 14.9. The molecular weight excluding hydrogens is 258 g/mol. The summed E-state index contributed by atoms with van der Waals surface area (Å²) in [6.45, 7) is 3.28. The molecule has 100 valence electrons. The number of pyridine rings is 1. The van der Waals surface area contributed by atoms with Crippen molar-refractivity contribution in [3.8, 4) is 17.2 Å². The van der Waals surface area contributed by atoms with Gasteiger partial charge in [0, 0.05) is 16.8 Å². The number of hydrogen-bond donors (Lipinski definition) is 1. The van der Waals surface area contributed by atoms with Crippen molar-refractivity contribution in [3.63, 3.8) is 0 Å². The minimum Gasteiger partial charge on any atom is -0.325 e. The summed E-state index contributed by atoms with van der Waals surface area (Å²) in [7, 11) is 0. The molecule has 6 heteroatoms. The van der Waals surface area contributed by atoms with Gasteiger partial charge in [0.1, 0.15) is 11.6 Å². The number of H-pyrrole nitrogens is 1. The Labute approximate surface area is 114 Å². The predicted octanol–water partition coefficient (Wildman–Crippen LogP) is 2.44. The first-order valence-corrected chi connectivity index (χ1v) is 5.84. The van der Waals surface area contributed by atoms with Gasteiger partial charge in [-0.05, 0) is 26.0 Å². The SMILES string of the molecule is Cc1cc(-c2cccc(C)c2[N+](=O)[O-])c(C#N)c(=O)[nH]1. The fourth-order valence-electron chi connectivity index (χ4n) is 2.13. The summed E-state index contributed by atoms with van der Waals surface area (Å²) < 4.78 is 0. The van der Waals surface area contributed by atoms with Gasteiger partial charge in [0.15, 0.2) is 0 Å². The monoisotopic (exact) mass is 269 g/mol. The molecule has 0 saturated carbocycles. The van der Waals surface area contributed by atoms with Crippen LogP contribution in [0.25, 0.3) is 11.1 Å². The average molecular weight is 269 g/mol. The zero-order valence-corrected chi connectivity index (χ0v) is 10.9. The molecule has 0 bridgehead atoms. The third-order valence-electron chi connectivity index (χ3n) is 2.99. The van der Waals surface area contributed by atoms with Crippen LogP contribution in [0.1, 0.15) is 16.8 Å². The average Bonchev–Trinajstić information content (AvgIpc) is 2.37. The van der Waals surface area contributed by atoms with E-state index in [0.717, 1.165) is 0 Å². The van der Waals surface area contributed by atoms with E-state index in [1.54, 1.807) is 38.1 Å². The predicted molar refractivity (Wildman–Crippen MR) is 73.3 cm³/mol. The van der Waals surface area contributed by atoms with Crippen molar-refractivity contribution in [1.29, 1.82) is 5.26 Å². The van der Waals surface area contributed by atoms with Gasteiger partial charge in [-0.1, -0.05) is 12.1 Å². The quantitative estimate of drug-likeness (QED) is 0.668. The number of para-hydroxylation sites is 1. The largest absolute Gasteiger partial charge is 0.325 e. The lowest BCUT2D eigenvalue weighted by Crippen LogP contribution is -2.13. The van der Waals surface area contributed by atoms with Gasteiger partial charge in [-0.2, -0.15) is 5.26 Å².